The summed E-state index contributed by atoms with van der Waals surface area (Å²) >= 11 is 0. The average molecular weight is 209 g/mol. The summed E-state index contributed by atoms with van der Waals surface area (Å²) in [4.78, 5) is 15.6. The van der Waals surface area contributed by atoms with Crippen molar-refractivity contribution >= 4 is 5.91 Å². The zero-order valence-corrected chi connectivity index (χ0v) is 9.57. The van der Waals surface area contributed by atoms with Crippen LogP contribution in [-0.4, -0.2) is 47.9 Å². The van der Waals surface area contributed by atoms with Crippen molar-refractivity contribution in [2.45, 2.75) is 32.7 Å². The number of carbonyl (C=O) groups is 1. The molecule has 0 aliphatic carbocycles. The van der Waals surface area contributed by atoms with E-state index in [4.69, 9.17) is 5.26 Å². The van der Waals surface area contributed by atoms with E-state index in [1.165, 1.54) is 0 Å². The summed E-state index contributed by atoms with van der Waals surface area (Å²) in [5.41, 5.74) is 0. The second-order valence-corrected chi connectivity index (χ2v) is 4.24. The van der Waals surface area contributed by atoms with Crippen molar-refractivity contribution in [3.63, 3.8) is 0 Å². The van der Waals surface area contributed by atoms with Gasteiger partial charge in [0.05, 0.1) is 19.2 Å². The van der Waals surface area contributed by atoms with Gasteiger partial charge in [-0.2, -0.15) is 5.26 Å². The molecule has 1 fully saturated rings. The fourth-order valence-electron chi connectivity index (χ4n) is 1.75. The van der Waals surface area contributed by atoms with Crippen LogP contribution in [0.25, 0.3) is 0 Å². The minimum absolute atomic E-state index is 0.163. The summed E-state index contributed by atoms with van der Waals surface area (Å²) in [7, 11) is 0. The van der Waals surface area contributed by atoms with Gasteiger partial charge in [0.1, 0.15) is 0 Å². The van der Waals surface area contributed by atoms with Crippen molar-refractivity contribution in [3.05, 3.63) is 0 Å². The predicted molar refractivity (Wildman–Crippen MR) is 58.1 cm³/mol. The predicted octanol–water partition coefficient (Wildman–Crippen LogP) is 0.843. The molecule has 1 saturated heterocycles. The molecule has 0 atom stereocenters. The van der Waals surface area contributed by atoms with Crippen LogP contribution >= 0.6 is 0 Å². The number of likely N-dealkylation sites (tertiary alicyclic amines) is 1. The molecule has 84 valence electrons. The third-order valence-corrected chi connectivity index (χ3v) is 2.80. The quantitative estimate of drug-likeness (QED) is 0.645. The van der Waals surface area contributed by atoms with Gasteiger partial charge in [-0.3, -0.25) is 9.69 Å². The van der Waals surface area contributed by atoms with Crippen LogP contribution in [0.5, 0.6) is 0 Å². The van der Waals surface area contributed by atoms with Gasteiger partial charge in [-0.05, 0) is 26.7 Å². The highest BCUT2D eigenvalue weighted by atomic mass is 16.2. The van der Waals surface area contributed by atoms with Gasteiger partial charge >= 0.3 is 0 Å². The molecular formula is C11H19N3O. The van der Waals surface area contributed by atoms with Crippen LogP contribution < -0.4 is 0 Å². The van der Waals surface area contributed by atoms with E-state index in [2.05, 4.69) is 6.07 Å². The first-order valence-corrected chi connectivity index (χ1v) is 5.54. The molecule has 1 heterocycles. The lowest BCUT2D eigenvalue weighted by molar-refractivity contribution is -0.131. The maximum Gasteiger partial charge on any atom is 0.236 e. The monoisotopic (exact) mass is 209 g/mol. The second-order valence-electron chi connectivity index (χ2n) is 4.24. The van der Waals surface area contributed by atoms with Gasteiger partial charge in [0.25, 0.3) is 0 Å². The fraction of sp³-hybridized carbons (Fsp3) is 0.818. The van der Waals surface area contributed by atoms with Crippen molar-refractivity contribution in [2.24, 2.45) is 0 Å². The Kier molecular flexibility index (Phi) is 4.57. The van der Waals surface area contributed by atoms with Crippen LogP contribution in [0.15, 0.2) is 0 Å². The lowest BCUT2D eigenvalue weighted by atomic mass is 10.3. The number of rotatable bonds is 4. The Morgan fingerprint density at radius 3 is 2.53 bits per heavy atom. The van der Waals surface area contributed by atoms with Crippen molar-refractivity contribution < 1.29 is 4.79 Å². The molecule has 0 radical (unpaired) electrons. The number of amides is 1. The van der Waals surface area contributed by atoms with Gasteiger partial charge < -0.3 is 4.90 Å². The largest absolute Gasteiger partial charge is 0.342 e. The highest BCUT2D eigenvalue weighted by molar-refractivity contribution is 5.78. The van der Waals surface area contributed by atoms with Crippen LogP contribution in [-0.2, 0) is 4.79 Å². The van der Waals surface area contributed by atoms with Gasteiger partial charge in [-0.15, -0.1) is 0 Å². The summed E-state index contributed by atoms with van der Waals surface area (Å²) in [6.45, 7) is 6.50. The zero-order valence-electron chi connectivity index (χ0n) is 9.57. The van der Waals surface area contributed by atoms with E-state index in [1.54, 1.807) is 0 Å². The van der Waals surface area contributed by atoms with Crippen LogP contribution in [0.2, 0.25) is 0 Å². The summed E-state index contributed by atoms with van der Waals surface area (Å²) in [5, 5.41) is 8.65. The Bertz CT molecular complexity index is 251. The molecule has 0 aromatic heterocycles. The molecule has 0 aromatic rings. The first-order valence-electron chi connectivity index (χ1n) is 5.54. The second kappa shape index (κ2) is 5.72. The Morgan fingerprint density at radius 1 is 1.47 bits per heavy atom. The van der Waals surface area contributed by atoms with E-state index < -0.39 is 0 Å². The third-order valence-electron chi connectivity index (χ3n) is 2.80. The van der Waals surface area contributed by atoms with Crippen LogP contribution in [0, 0.1) is 11.3 Å². The lowest BCUT2D eigenvalue weighted by Crippen LogP contribution is -2.42. The highest BCUT2D eigenvalue weighted by Gasteiger charge is 2.21. The number of hydrogen-bond acceptors (Lipinski definition) is 3. The van der Waals surface area contributed by atoms with Crippen molar-refractivity contribution in [1.29, 1.82) is 5.26 Å². The van der Waals surface area contributed by atoms with E-state index in [0.29, 0.717) is 13.1 Å². The maximum atomic E-state index is 11.8. The smallest absolute Gasteiger partial charge is 0.236 e. The third kappa shape index (κ3) is 3.52. The van der Waals surface area contributed by atoms with E-state index in [1.807, 2.05) is 23.6 Å². The molecule has 4 heteroatoms. The SMILES string of the molecule is CC(C)N(CC#N)CC(=O)N1CCCC1. The number of nitriles is 1. The van der Waals surface area contributed by atoms with Gasteiger partial charge in [-0.1, -0.05) is 0 Å². The molecule has 0 unspecified atom stereocenters. The van der Waals surface area contributed by atoms with Gasteiger partial charge in [0.15, 0.2) is 0 Å². The Labute approximate surface area is 91.5 Å². The normalized spacial score (nSPS) is 16.1. The van der Waals surface area contributed by atoms with Crippen molar-refractivity contribution in [1.82, 2.24) is 9.80 Å². The van der Waals surface area contributed by atoms with E-state index >= 15 is 0 Å². The van der Waals surface area contributed by atoms with E-state index in [0.717, 1.165) is 25.9 Å². The molecule has 4 nitrogen and oxygen atoms in total. The molecule has 0 spiro atoms. The molecule has 0 aromatic carbocycles. The maximum absolute atomic E-state index is 11.8. The standard InChI is InChI=1S/C11H19N3O/c1-10(2)14(8-5-12)9-11(15)13-6-3-4-7-13/h10H,3-4,6-9H2,1-2H3. The fourth-order valence-corrected chi connectivity index (χ4v) is 1.75. The summed E-state index contributed by atoms with van der Waals surface area (Å²) in [5.74, 6) is 0.163. The van der Waals surface area contributed by atoms with Crippen LogP contribution in [0.1, 0.15) is 26.7 Å². The molecule has 1 aliphatic heterocycles. The topological polar surface area (TPSA) is 47.3 Å². The molecule has 1 rings (SSSR count). The van der Waals surface area contributed by atoms with Crippen molar-refractivity contribution in [2.75, 3.05) is 26.2 Å². The molecule has 1 amide bonds. The molecular weight excluding hydrogens is 190 g/mol. The summed E-state index contributed by atoms with van der Waals surface area (Å²) in [6.07, 6.45) is 2.23. The first kappa shape index (κ1) is 12.0. The van der Waals surface area contributed by atoms with Gasteiger partial charge in [0.2, 0.25) is 5.91 Å². The molecule has 15 heavy (non-hydrogen) atoms. The molecule has 0 bridgehead atoms. The Hall–Kier alpha value is -1.08. The summed E-state index contributed by atoms with van der Waals surface area (Å²) < 4.78 is 0. The van der Waals surface area contributed by atoms with Crippen LogP contribution in [0.3, 0.4) is 0 Å². The first-order chi connectivity index (χ1) is 7.15. The average Bonchev–Trinajstić information content (AvgIpc) is 2.69. The molecule has 0 N–H and O–H groups in total. The number of carbonyl (C=O) groups excluding carboxylic acids is 1. The minimum atomic E-state index is 0.163. The Morgan fingerprint density at radius 2 is 2.07 bits per heavy atom. The zero-order chi connectivity index (χ0) is 11.3. The van der Waals surface area contributed by atoms with Gasteiger partial charge in [0, 0.05) is 19.1 Å². The van der Waals surface area contributed by atoms with E-state index in [9.17, 15) is 4.79 Å². The van der Waals surface area contributed by atoms with Gasteiger partial charge in [-0.25, -0.2) is 0 Å². The minimum Gasteiger partial charge on any atom is -0.342 e. The summed E-state index contributed by atoms with van der Waals surface area (Å²) in [6, 6.07) is 2.35. The number of hydrogen-bond donors (Lipinski definition) is 0. The Balaban J connectivity index is 2.43. The molecule has 0 saturated carbocycles. The highest BCUT2D eigenvalue weighted by Crippen LogP contribution is 2.08. The number of nitrogens with zero attached hydrogens (tertiary/aromatic N) is 3. The van der Waals surface area contributed by atoms with Crippen molar-refractivity contribution in [3.8, 4) is 6.07 Å². The lowest BCUT2D eigenvalue weighted by Gasteiger charge is -2.25. The molecule has 1 aliphatic rings. The van der Waals surface area contributed by atoms with Crippen LogP contribution in [0.4, 0.5) is 0 Å². The van der Waals surface area contributed by atoms with E-state index in [-0.39, 0.29) is 11.9 Å².